The first kappa shape index (κ1) is 14.4. The predicted octanol–water partition coefficient (Wildman–Crippen LogP) is 1.66. The highest BCUT2D eigenvalue weighted by molar-refractivity contribution is 5.72. The maximum absolute atomic E-state index is 11.9. The van der Waals surface area contributed by atoms with Gasteiger partial charge in [-0.15, -0.1) is 0 Å². The normalized spacial score (nSPS) is 20.1. The second kappa shape index (κ2) is 6.45. The molecule has 1 atom stereocenters. The molecule has 0 amide bonds. The number of benzene rings is 1. The summed E-state index contributed by atoms with van der Waals surface area (Å²) in [6.07, 6.45) is 3.61. The van der Waals surface area contributed by atoms with Gasteiger partial charge in [-0.1, -0.05) is 12.1 Å². The van der Waals surface area contributed by atoms with Crippen molar-refractivity contribution in [2.24, 2.45) is 11.7 Å². The van der Waals surface area contributed by atoms with Gasteiger partial charge in [0.1, 0.15) is 0 Å². The highest BCUT2D eigenvalue weighted by atomic mass is 16.4. The molecular formula is C16H23N3O2. The van der Waals surface area contributed by atoms with Crippen molar-refractivity contribution in [1.29, 1.82) is 0 Å². The van der Waals surface area contributed by atoms with Crippen LogP contribution in [0.3, 0.4) is 0 Å². The fraction of sp³-hybridized carbons (Fsp3) is 0.562. The molecule has 0 radical (unpaired) electrons. The van der Waals surface area contributed by atoms with Crippen LogP contribution in [0.1, 0.15) is 19.3 Å². The van der Waals surface area contributed by atoms with Gasteiger partial charge < -0.3 is 15.1 Å². The van der Waals surface area contributed by atoms with Crippen LogP contribution in [0.2, 0.25) is 0 Å². The van der Waals surface area contributed by atoms with Crippen molar-refractivity contribution in [3.8, 4) is 0 Å². The third-order valence-electron chi connectivity index (χ3n) is 4.39. The second-order valence-corrected chi connectivity index (χ2v) is 5.87. The summed E-state index contributed by atoms with van der Waals surface area (Å²) < 4.78 is 7.01. The number of nitrogens with zero attached hydrogens (tertiary/aromatic N) is 2. The molecule has 2 N–H and O–H groups in total. The van der Waals surface area contributed by atoms with Crippen molar-refractivity contribution in [2.45, 2.75) is 25.8 Å². The summed E-state index contributed by atoms with van der Waals surface area (Å²) >= 11 is 0. The van der Waals surface area contributed by atoms with Gasteiger partial charge in [-0.3, -0.25) is 4.57 Å². The molecule has 21 heavy (non-hydrogen) atoms. The van der Waals surface area contributed by atoms with Crippen LogP contribution in [0, 0.1) is 5.92 Å². The first-order valence-corrected chi connectivity index (χ1v) is 7.78. The molecule has 5 heteroatoms. The maximum Gasteiger partial charge on any atom is 0.419 e. The fourth-order valence-electron chi connectivity index (χ4n) is 3.29. The number of nitrogens with two attached hydrogens (primary N) is 1. The minimum absolute atomic E-state index is 0.258. The van der Waals surface area contributed by atoms with Crippen LogP contribution in [-0.2, 0) is 6.54 Å². The molecule has 0 aliphatic carbocycles. The van der Waals surface area contributed by atoms with E-state index in [0.29, 0.717) is 18.0 Å². The third kappa shape index (κ3) is 3.19. The average molecular weight is 289 g/mol. The lowest BCUT2D eigenvalue weighted by molar-refractivity contribution is 0.164. The first-order valence-electron chi connectivity index (χ1n) is 7.78. The molecule has 5 nitrogen and oxygen atoms in total. The molecule has 1 aromatic heterocycles. The Kier molecular flexibility index (Phi) is 4.41. The Hall–Kier alpha value is -1.59. The molecule has 1 unspecified atom stereocenters. The van der Waals surface area contributed by atoms with Gasteiger partial charge in [0.2, 0.25) is 0 Å². The van der Waals surface area contributed by atoms with Crippen LogP contribution in [-0.4, -0.2) is 35.6 Å². The van der Waals surface area contributed by atoms with Crippen LogP contribution in [0.4, 0.5) is 0 Å². The average Bonchev–Trinajstić information content (AvgIpc) is 2.81. The number of aromatic nitrogens is 1. The number of hydrogen-bond acceptors (Lipinski definition) is 4. The van der Waals surface area contributed by atoms with Crippen LogP contribution in [0.5, 0.6) is 0 Å². The molecule has 0 spiro atoms. The molecule has 1 aliphatic heterocycles. The van der Waals surface area contributed by atoms with Crippen molar-refractivity contribution in [2.75, 3.05) is 26.2 Å². The summed E-state index contributed by atoms with van der Waals surface area (Å²) in [5.74, 6) is 0.452. The Morgan fingerprint density at radius 3 is 3.00 bits per heavy atom. The predicted molar refractivity (Wildman–Crippen MR) is 83.3 cm³/mol. The summed E-state index contributed by atoms with van der Waals surface area (Å²) in [6.45, 7) is 4.56. The largest absolute Gasteiger partial charge is 0.419 e. The smallest absolute Gasteiger partial charge is 0.408 e. The summed E-state index contributed by atoms with van der Waals surface area (Å²) in [6, 6.07) is 7.60. The lowest BCUT2D eigenvalue weighted by atomic mass is 9.95. The maximum atomic E-state index is 11.9. The van der Waals surface area contributed by atoms with Gasteiger partial charge in [-0.2, -0.15) is 0 Å². The number of para-hydroxylation sites is 2. The minimum atomic E-state index is -0.258. The standard InChI is InChI=1S/C16H23N3O2/c17-8-7-13-4-3-9-18(12-13)10-11-19-14-5-1-2-6-15(14)21-16(19)20/h1-2,5-6,13H,3-4,7-12,17H2. The van der Waals surface area contributed by atoms with Crippen LogP contribution >= 0.6 is 0 Å². The lowest BCUT2D eigenvalue weighted by Gasteiger charge is -2.32. The van der Waals surface area contributed by atoms with Gasteiger partial charge in [0, 0.05) is 19.6 Å². The van der Waals surface area contributed by atoms with Crippen molar-refractivity contribution in [1.82, 2.24) is 9.47 Å². The van der Waals surface area contributed by atoms with Crippen LogP contribution < -0.4 is 11.5 Å². The minimum Gasteiger partial charge on any atom is -0.408 e. The van der Waals surface area contributed by atoms with E-state index in [0.717, 1.165) is 38.1 Å². The van der Waals surface area contributed by atoms with E-state index in [9.17, 15) is 4.79 Å². The van der Waals surface area contributed by atoms with E-state index in [2.05, 4.69) is 4.90 Å². The summed E-state index contributed by atoms with van der Waals surface area (Å²) in [4.78, 5) is 14.4. The highest BCUT2D eigenvalue weighted by Gasteiger charge is 2.19. The third-order valence-corrected chi connectivity index (χ3v) is 4.39. The molecule has 2 heterocycles. The van der Waals surface area contributed by atoms with E-state index in [1.54, 1.807) is 4.57 Å². The Labute approximate surface area is 124 Å². The molecule has 0 saturated carbocycles. The summed E-state index contributed by atoms with van der Waals surface area (Å²) in [5.41, 5.74) is 7.22. The van der Waals surface area contributed by atoms with Gasteiger partial charge in [-0.25, -0.2) is 4.79 Å². The number of oxazole rings is 1. The fourth-order valence-corrected chi connectivity index (χ4v) is 3.29. The van der Waals surface area contributed by atoms with E-state index in [1.165, 1.54) is 12.8 Å². The van der Waals surface area contributed by atoms with Gasteiger partial charge in [0.25, 0.3) is 0 Å². The highest BCUT2D eigenvalue weighted by Crippen LogP contribution is 2.19. The van der Waals surface area contributed by atoms with E-state index in [-0.39, 0.29) is 5.76 Å². The van der Waals surface area contributed by atoms with E-state index in [1.807, 2.05) is 24.3 Å². The lowest BCUT2D eigenvalue weighted by Crippen LogP contribution is -2.38. The van der Waals surface area contributed by atoms with Crippen molar-refractivity contribution in [3.05, 3.63) is 34.8 Å². The molecule has 114 valence electrons. The zero-order chi connectivity index (χ0) is 14.7. The molecule has 0 bridgehead atoms. The number of hydrogen-bond donors (Lipinski definition) is 1. The monoisotopic (exact) mass is 289 g/mol. The molecule has 1 aromatic carbocycles. The molecule has 3 rings (SSSR count). The van der Waals surface area contributed by atoms with Crippen LogP contribution in [0.15, 0.2) is 33.5 Å². The number of fused-ring (bicyclic) bond motifs is 1. The molecule has 1 aliphatic rings. The Bertz CT molecular complexity index is 644. The SMILES string of the molecule is NCCC1CCCN(CCn2c(=O)oc3ccccc32)C1. The first-order chi connectivity index (χ1) is 10.3. The summed E-state index contributed by atoms with van der Waals surface area (Å²) in [5, 5.41) is 0. The number of piperidine rings is 1. The van der Waals surface area contributed by atoms with E-state index in [4.69, 9.17) is 10.2 Å². The zero-order valence-electron chi connectivity index (χ0n) is 12.3. The number of rotatable bonds is 5. The van der Waals surface area contributed by atoms with Gasteiger partial charge in [0.15, 0.2) is 5.58 Å². The van der Waals surface area contributed by atoms with Crippen molar-refractivity contribution in [3.63, 3.8) is 0 Å². The zero-order valence-corrected chi connectivity index (χ0v) is 12.3. The summed E-state index contributed by atoms with van der Waals surface area (Å²) in [7, 11) is 0. The topological polar surface area (TPSA) is 64.4 Å². The Balaban J connectivity index is 1.66. The van der Waals surface area contributed by atoms with E-state index >= 15 is 0 Å². The molecule has 1 fully saturated rings. The van der Waals surface area contributed by atoms with Crippen molar-refractivity contribution >= 4 is 11.1 Å². The number of likely N-dealkylation sites (tertiary alicyclic amines) is 1. The van der Waals surface area contributed by atoms with Crippen LogP contribution in [0.25, 0.3) is 11.1 Å². The molecule has 1 saturated heterocycles. The Morgan fingerprint density at radius 1 is 1.29 bits per heavy atom. The molecule has 2 aromatic rings. The Morgan fingerprint density at radius 2 is 2.14 bits per heavy atom. The van der Waals surface area contributed by atoms with Crippen molar-refractivity contribution < 1.29 is 4.42 Å². The van der Waals surface area contributed by atoms with E-state index < -0.39 is 0 Å². The molecular weight excluding hydrogens is 266 g/mol. The quantitative estimate of drug-likeness (QED) is 0.909. The second-order valence-electron chi connectivity index (χ2n) is 5.87. The van der Waals surface area contributed by atoms with Gasteiger partial charge >= 0.3 is 5.76 Å². The van der Waals surface area contributed by atoms with Gasteiger partial charge in [-0.05, 0) is 50.4 Å². The van der Waals surface area contributed by atoms with Gasteiger partial charge in [0.05, 0.1) is 5.52 Å².